The van der Waals surface area contributed by atoms with Crippen molar-refractivity contribution in [1.82, 2.24) is 0 Å². The molecule has 12 heteroatoms. The largest absolute Gasteiger partial charge is 0.413 e. The standard InChI is InChI=1S/C42H78N2O8Si2/c1-28(2)53(29(3)4,30(5)6)45-24-36-22-41(26-43,51-39(15,16)49-36)20-34-19-35(48-38(13,14)47-34)21-42(27-44)23-37(50-40(17,18)52-42)25-46-54(31(7)8,32(9)10)33(11)12/h28-37H,19-25H2,1-18H3/t34-,35-,36+,37+,41-,42-/m1/s1. The minimum Gasteiger partial charge on any atom is -0.413 e. The molecule has 3 saturated heterocycles. The second kappa shape index (κ2) is 17.5. The molecule has 0 aromatic rings. The van der Waals surface area contributed by atoms with Gasteiger partial charge in [-0.05, 0) is 74.8 Å². The molecule has 3 aliphatic heterocycles. The molecule has 0 radical (unpaired) electrons. The average molecular weight is 795 g/mol. The van der Waals surface area contributed by atoms with E-state index in [0.29, 0.717) is 78.6 Å². The first kappa shape index (κ1) is 47.5. The van der Waals surface area contributed by atoms with E-state index in [2.05, 4.69) is 95.2 Å². The summed E-state index contributed by atoms with van der Waals surface area (Å²) in [4.78, 5) is 0. The van der Waals surface area contributed by atoms with Crippen molar-refractivity contribution in [3.8, 4) is 12.1 Å². The smallest absolute Gasteiger partial charge is 0.200 e. The molecule has 0 unspecified atom stereocenters. The molecule has 0 aromatic carbocycles. The summed E-state index contributed by atoms with van der Waals surface area (Å²) in [6, 6.07) is 5.11. The van der Waals surface area contributed by atoms with E-state index < -0.39 is 45.2 Å². The molecule has 0 aliphatic carbocycles. The van der Waals surface area contributed by atoms with Crippen LogP contribution in [0, 0.1) is 22.7 Å². The third-order valence-corrected chi connectivity index (χ3v) is 24.5. The third kappa shape index (κ3) is 10.8. The molecule has 3 heterocycles. The maximum Gasteiger partial charge on any atom is 0.200 e. The van der Waals surface area contributed by atoms with Gasteiger partial charge >= 0.3 is 0 Å². The van der Waals surface area contributed by atoms with E-state index in [9.17, 15) is 10.5 Å². The van der Waals surface area contributed by atoms with Gasteiger partial charge in [-0.15, -0.1) is 0 Å². The van der Waals surface area contributed by atoms with Crippen LogP contribution >= 0.6 is 0 Å². The Morgan fingerprint density at radius 2 is 0.778 bits per heavy atom. The first-order valence-corrected chi connectivity index (χ1v) is 25.1. The second-order valence-electron chi connectivity index (χ2n) is 19.9. The highest BCUT2D eigenvalue weighted by molar-refractivity contribution is 6.78. The van der Waals surface area contributed by atoms with Crippen molar-refractivity contribution in [2.75, 3.05) is 13.2 Å². The van der Waals surface area contributed by atoms with E-state index in [4.69, 9.17) is 37.3 Å². The van der Waals surface area contributed by atoms with Crippen LogP contribution in [0.3, 0.4) is 0 Å². The van der Waals surface area contributed by atoms with E-state index in [1.54, 1.807) is 0 Å². The van der Waals surface area contributed by atoms with E-state index >= 15 is 0 Å². The highest BCUT2D eigenvalue weighted by Crippen LogP contribution is 2.47. The van der Waals surface area contributed by atoms with E-state index in [-0.39, 0.29) is 24.4 Å². The van der Waals surface area contributed by atoms with Gasteiger partial charge in [0.25, 0.3) is 0 Å². The molecule has 0 bridgehead atoms. The lowest BCUT2D eigenvalue weighted by Crippen LogP contribution is -2.58. The summed E-state index contributed by atoms with van der Waals surface area (Å²) in [7, 11) is -4.32. The molecule has 0 saturated carbocycles. The Kier molecular flexibility index (Phi) is 15.4. The number of ether oxygens (including phenoxy) is 6. The Morgan fingerprint density at radius 3 is 1.04 bits per heavy atom. The monoisotopic (exact) mass is 795 g/mol. The fourth-order valence-corrected chi connectivity index (χ4v) is 22.0. The zero-order chi connectivity index (χ0) is 41.3. The van der Waals surface area contributed by atoms with Crippen molar-refractivity contribution in [1.29, 1.82) is 10.5 Å². The van der Waals surface area contributed by atoms with Crippen LogP contribution in [0.1, 0.15) is 157 Å². The Bertz CT molecular complexity index is 1180. The molecule has 54 heavy (non-hydrogen) atoms. The first-order valence-electron chi connectivity index (χ1n) is 20.8. The molecule has 3 aliphatic rings. The van der Waals surface area contributed by atoms with Crippen LogP contribution < -0.4 is 0 Å². The number of rotatable bonds is 16. The zero-order valence-electron chi connectivity index (χ0n) is 37.4. The van der Waals surface area contributed by atoms with Gasteiger partial charge in [-0.3, -0.25) is 0 Å². The molecule has 0 aromatic heterocycles. The topological polar surface area (TPSA) is 121 Å². The Hall–Kier alpha value is -0.906. The van der Waals surface area contributed by atoms with Crippen molar-refractivity contribution >= 4 is 16.6 Å². The molecule has 0 amide bonds. The van der Waals surface area contributed by atoms with Crippen LogP contribution in [-0.4, -0.2) is 82.8 Å². The van der Waals surface area contributed by atoms with Crippen molar-refractivity contribution in [2.45, 2.75) is 243 Å². The number of nitriles is 2. The minimum atomic E-state index is -2.16. The molecule has 10 nitrogen and oxygen atoms in total. The molecule has 312 valence electrons. The van der Waals surface area contributed by atoms with Gasteiger partial charge in [-0.2, -0.15) is 10.5 Å². The van der Waals surface area contributed by atoms with Gasteiger partial charge in [0.15, 0.2) is 45.2 Å². The summed E-state index contributed by atoms with van der Waals surface area (Å²) in [6.07, 6.45) is 0.481. The van der Waals surface area contributed by atoms with E-state index in [1.807, 2.05) is 41.5 Å². The highest BCUT2D eigenvalue weighted by Gasteiger charge is 2.54. The Labute approximate surface area is 331 Å². The summed E-state index contributed by atoms with van der Waals surface area (Å²) in [6.45, 7) is 39.4. The lowest BCUT2D eigenvalue weighted by atomic mass is 9.83. The molecule has 3 rings (SSSR count). The predicted molar refractivity (Wildman–Crippen MR) is 218 cm³/mol. The Balaban J connectivity index is 1.84. The van der Waals surface area contributed by atoms with Crippen molar-refractivity contribution < 1.29 is 37.3 Å². The van der Waals surface area contributed by atoms with Crippen LogP contribution in [0.4, 0.5) is 0 Å². The van der Waals surface area contributed by atoms with Crippen molar-refractivity contribution in [2.24, 2.45) is 0 Å². The number of hydrogen-bond acceptors (Lipinski definition) is 10. The van der Waals surface area contributed by atoms with Gasteiger partial charge in [0.2, 0.25) is 0 Å². The van der Waals surface area contributed by atoms with Crippen LogP contribution in [0.25, 0.3) is 0 Å². The zero-order valence-corrected chi connectivity index (χ0v) is 39.4. The predicted octanol–water partition coefficient (Wildman–Crippen LogP) is 10.7. The summed E-state index contributed by atoms with van der Waals surface area (Å²) in [5.74, 6) is -2.95. The van der Waals surface area contributed by atoms with Gasteiger partial charge in [0, 0.05) is 32.1 Å². The SMILES string of the molecule is CC(C)[Si](OC[C@@H]1C[C@@](C#N)(C[C@H]2C[C@H](C[C@]3(C#N)C[C@@H](CO[Si](C(C)C)(C(C)C)C(C)C)OC(C)(C)O3)OC(C)(C)O2)OC(C)(C)O1)(C(C)C)C(C)C. The van der Waals surface area contributed by atoms with Crippen molar-refractivity contribution in [3.63, 3.8) is 0 Å². The third-order valence-electron chi connectivity index (χ3n) is 12.3. The lowest BCUT2D eigenvalue weighted by Gasteiger charge is -2.50. The molecular weight excluding hydrogens is 717 g/mol. The first-order chi connectivity index (χ1) is 24.6. The molecule has 3 fully saturated rings. The van der Waals surface area contributed by atoms with Crippen molar-refractivity contribution in [3.05, 3.63) is 0 Å². The summed E-state index contributed by atoms with van der Waals surface area (Å²) in [5, 5.41) is 21.6. The van der Waals surface area contributed by atoms with Crippen LogP contribution in [0.5, 0.6) is 0 Å². The highest BCUT2D eigenvalue weighted by atomic mass is 28.4. The fraction of sp³-hybridized carbons (Fsp3) is 0.952. The molecule has 6 atom stereocenters. The fourth-order valence-electron chi connectivity index (χ4n) is 11.0. The quantitative estimate of drug-likeness (QED) is 0.140. The maximum atomic E-state index is 10.8. The minimum absolute atomic E-state index is 0.317. The molecular formula is C42H78N2O8Si2. The van der Waals surface area contributed by atoms with Gasteiger partial charge < -0.3 is 37.3 Å². The van der Waals surface area contributed by atoms with Crippen LogP contribution in [0.15, 0.2) is 0 Å². The van der Waals surface area contributed by atoms with Crippen LogP contribution in [0.2, 0.25) is 33.2 Å². The van der Waals surface area contributed by atoms with Gasteiger partial charge in [0.05, 0.1) is 49.8 Å². The number of hydrogen-bond donors (Lipinski definition) is 0. The summed E-state index contributed by atoms with van der Waals surface area (Å²) >= 11 is 0. The molecule has 0 N–H and O–H groups in total. The Morgan fingerprint density at radius 1 is 0.500 bits per heavy atom. The van der Waals surface area contributed by atoms with E-state index in [0.717, 1.165) is 0 Å². The van der Waals surface area contributed by atoms with E-state index in [1.165, 1.54) is 0 Å². The second-order valence-corrected chi connectivity index (χ2v) is 30.8. The number of nitrogens with zero attached hydrogens (tertiary/aromatic N) is 2. The maximum absolute atomic E-state index is 10.8. The van der Waals surface area contributed by atoms with Gasteiger partial charge in [-0.1, -0.05) is 83.1 Å². The van der Waals surface area contributed by atoms with Gasteiger partial charge in [0.1, 0.15) is 0 Å². The summed E-state index contributed by atoms with van der Waals surface area (Å²) in [5.41, 5.74) is 0.261. The lowest BCUT2D eigenvalue weighted by molar-refractivity contribution is -0.351. The molecule has 0 spiro atoms. The van der Waals surface area contributed by atoms with Crippen LogP contribution in [-0.2, 0) is 37.3 Å². The average Bonchev–Trinajstić information content (AvgIpc) is 2.98. The van der Waals surface area contributed by atoms with Gasteiger partial charge in [-0.25, -0.2) is 0 Å². The normalized spacial score (nSPS) is 31.7. The summed E-state index contributed by atoms with van der Waals surface area (Å²) < 4.78 is 52.9.